The smallest absolute Gasteiger partial charge is 0.243 e. The number of aryl methyl sites for hydroxylation is 2. The zero-order valence-corrected chi connectivity index (χ0v) is 16.5. The van der Waals surface area contributed by atoms with Gasteiger partial charge < -0.3 is 4.74 Å². The highest BCUT2D eigenvalue weighted by Crippen LogP contribution is 2.30. The van der Waals surface area contributed by atoms with E-state index in [9.17, 15) is 16.8 Å². The van der Waals surface area contributed by atoms with Gasteiger partial charge in [0.05, 0.1) is 22.2 Å². The number of nitrogens with zero attached hydrogens (tertiary/aromatic N) is 1. The van der Waals surface area contributed by atoms with E-state index in [1.807, 2.05) is 13.0 Å². The Morgan fingerprint density at radius 3 is 2.15 bits per heavy atom. The average Bonchev–Trinajstić information content (AvgIpc) is 2.55. The molecular weight excluding hydrogens is 374 g/mol. The summed E-state index contributed by atoms with van der Waals surface area (Å²) in [5, 5.41) is -0.740. The minimum Gasteiger partial charge on any atom is -0.497 e. The van der Waals surface area contributed by atoms with Crippen LogP contribution in [0.1, 0.15) is 11.1 Å². The van der Waals surface area contributed by atoms with E-state index in [1.54, 1.807) is 31.2 Å². The Hall–Kier alpha value is -1.90. The predicted molar refractivity (Wildman–Crippen MR) is 98.6 cm³/mol. The summed E-state index contributed by atoms with van der Waals surface area (Å²) >= 11 is 0. The number of rotatable bonds is 5. The monoisotopic (exact) mass is 395 g/mol. The summed E-state index contributed by atoms with van der Waals surface area (Å²) in [7, 11) is -5.77. The van der Waals surface area contributed by atoms with Crippen molar-refractivity contribution in [1.82, 2.24) is 4.31 Å². The zero-order valence-electron chi connectivity index (χ0n) is 14.8. The predicted octanol–water partition coefficient (Wildman–Crippen LogP) is 2.16. The first-order valence-electron chi connectivity index (χ1n) is 8.11. The second-order valence-electron chi connectivity index (χ2n) is 6.43. The highest BCUT2D eigenvalue weighted by atomic mass is 32.2. The minimum atomic E-state index is -3.69. The van der Waals surface area contributed by atoms with Crippen molar-refractivity contribution in [2.24, 2.45) is 0 Å². The third-order valence-corrected chi connectivity index (χ3v) is 8.68. The van der Waals surface area contributed by atoms with E-state index < -0.39 is 25.1 Å². The summed E-state index contributed by atoms with van der Waals surface area (Å²) in [4.78, 5) is 0.407. The molecule has 1 fully saturated rings. The third kappa shape index (κ3) is 3.24. The molecule has 0 aliphatic carbocycles. The van der Waals surface area contributed by atoms with Gasteiger partial charge >= 0.3 is 0 Å². The van der Waals surface area contributed by atoms with Crippen LogP contribution in [0.4, 0.5) is 0 Å². The van der Waals surface area contributed by atoms with Crippen LogP contribution in [0.2, 0.25) is 0 Å². The molecule has 0 bridgehead atoms. The highest BCUT2D eigenvalue weighted by molar-refractivity contribution is 7.92. The molecule has 2 aromatic carbocycles. The molecule has 6 nitrogen and oxygen atoms in total. The molecule has 0 aromatic heterocycles. The van der Waals surface area contributed by atoms with E-state index in [-0.39, 0.29) is 22.9 Å². The Kier molecular flexibility index (Phi) is 4.85. The van der Waals surface area contributed by atoms with Crippen LogP contribution in [0.25, 0.3) is 0 Å². The van der Waals surface area contributed by atoms with Crippen molar-refractivity contribution in [3.8, 4) is 5.75 Å². The number of hydrogen-bond donors (Lipinski definition) is 0. The molecule has 0 spiro atoms. The van der Waals surface area contributed by atoms with Gasteiger partial charge in [-0.3, -0.25) is 0 Å². The van der Waals surface area contributed by atoms with Gasteiger partial charge in [-0.2, -0.15) is 4.31 Å². The summed E-state index contributed by atoms with van der Waals surface area (Å²) in [5.74, 6) is 0.566. The maximum Gasteiger partial charge on any atom is 0.243 e. The summed E-state index contributed by atoms with van der Waals surface area (Å²) in [6, 6.07) is 11.4. The lowest BCUT2D eigenvalue weighted by Gasteiger charge is -2.37. The zero-order chi connectivity index (χ0) is 19.1. The quantitative estimate of drug-likeness (QED) is 0.775. The molecule has 1 heterocycles. The van der Waals surface area contributed by atoms with Crippen LogP contribution >= 0.6 is 0 Å². The number of sulfonamides is 1. The number of hydrogen-bond acceptors (Lipinski definition) is 5. The second kappa shape index (κ2) is 6.68. The van der Waals surface area contributed by atoms with Gasteiger partial charge in [-0.1, -0.05) is 12.1 Å². The fourth-order valence-corrected chi connectivity index (χ4v) is 6.56. The van der Waals surface area contributed by atoms with Gasteiger partial charge in [-0.25, -0.2) is 16.8 Å². The molecular formula is C18H21NO5S2. The van der Waals surface area contributed by atoms with Crippen molar-refractivity contribution >= 4 is 19.9 Å². The summed E-state index contributed by atoms with van der Waals surface area (Å²) in [6.45, 7) is 3.48. The molecule has 8 heteroatoms. The van der Waals surface area contributed by atoms with Crippen LogP contribution in [-0.4, -0.2) is 46.6 Å². The van der Waals surface area contributed by atoms with Crippen LogP contribution in [-0.2, 0) is 19.9 Å². The molecule has 1 aliphatic heterocycles. The SMILES string of the molecule is COc1ccc(S(=O)(=O)C2CN(S(=O)(=O)c3cc(C)ccc3C)C2)cc1. The van der Waals surface area contributed by atoms with Crippen LogP contribution in [0.5, 0.6) is 5.75 Å². The molecule has 2 aromatic rings. The maximum atomic E-state index is 12.8. The molecule has 0 radical (unpaired) electrons. The Morgan fingerprint density at radius 2 is 1.58 bits per heavy atom. The molecule has 0 atom stereocenters. The van der Waals surface area contributed by atoms with Crippen molar-refractivity contribution in [3.63, 3.8) is 0 Å². The summed E-state index contributed by atoms with van der Waals surface area (Å²) in [5.41, 5.74) is 1.49. The van der Waals surface area contributed by atoms with E-state index >= 15 is 0 Å². The van der Waals surface area contributed by atoms with Crippen molar-refractivity contribution in [2.45, 2.75) is 28.9 Å². The molecule has 1 aliphatic rings. The van der Waals surface area contributed by atoms with Gasteiger partial charge in [0, 0.05) is 13.1 Å². The molecule has 140 valence electrons. The van der Waals surface area contributed by atoms with Crippen molar-refractivity contribution in [1.29, 1.82) is 0 Å². The molecule has 1 saturated heterocycles. The summed E-state index contributed by atoms with van der Waals surface area (Å²) < 4.78 is 57.2. The van der Waals surface area contributed by atoms with E-state index in [0.717, 1.165) is 5.56 Å². The molecule has 0 N–H and O–H groups in total. The fourth-order valence-electron chi connectivity index (χ4n) is 2.88. The molecule has 0 unspecified atom stereocenters. The van der Waals surface area contributed by atoms with Gasteiger partial charge in [0.15, 0.2) is 9.84 Å². The average molecular weight is 396 g/mol. The topological polar surface area (TPSA) is 80.8 Å². The van der Waals surface area contributed by atoms with E-state index in [1.165, 1.54) is 23.5 Å². The van der Waals surface area contributed by atoms with Crippen molar-refractivity contribution < 1.29 is 21.6 Å². The van der Waals surface area contributed by atoms with Crippen molar-refractivity contribution in [3.05, 3.63) is 53.6 Å². The van der Waals surface area contributed by atoms with Gasteiger partial charge in [0.2, 0.25) is 10.0 Å². The Bertz CT molecular complexity index is 1020. The van der Waals surface area contributed by atoms with E-state index in [2.05, 4.69) is 0 Å². The van der Waals surface area contributed by atoms with Gasteiger partial charge in [0.1, 0.15) is 5.75 Å². The normalized spacial score (nSPS) is 16.3. The van der Waals surface area contributed by atoms with E-state index in [4.69, 9.17) is 4.74 Å². The van der Waals surface area contributed by atoms with Gasteiger partial charge in [-0.05, 0) is 55.3 Å². The van der Waals surface area contributed by atoms with Gasteiger partial charge in [-0.15, -0.1) is 0 Å². The molecule has 0 amide bonds. The minimum absolute atomic E-state index is 0.0376. The molecule has 3 rings (SSSR count). The molecule has 26 heavy (non-hydrogen) atoms. The number of methoxy groups -OCH3 is 1. The van der Waals surface area contributed by atoms with E-state index in [0.29, 0.717) is 11.3 Å². The highest BCUT2D eigenvalue weighted by Gasteiger charge is 2.44. The van der Waals surface area contributed by atoms with Crippen LogP contribution < -0.4 is 4.74 Å². The Labute approximate surface area is 154 Å². The lowest BCUT2D eigenvalue weighted by molar-refractivity contribution is 0.309. The van der Waals surface area contributed by atoms with Crippen LogP contribution in [0.15, 0.2) is 52.3 Å². The Morgan fingerprint density at radius 1 is 0.962 bits per heavy atom. The number of benzene rings is 2. The number of ether oxygens (including phenoxy) is 1. The lowest BCUT2D eigenvalue weighted by Crippen LogP contribution is -2.56. The maximum absolute atomic E-state index is 12.8. The molecule has 0 saturated carbocycles. The summed E-state index contributed by atoms with van der Waals surface area (Å²) in [6.07, 6.45) is 0. The van der Waals surface area contributed by atoms with Crippen molar-refractivity contribution in [2.75, 3.05) is 20.2 Å². The largest absolute Gasteiger partial charge is 0.497 e. The lowest BCUT2D eigenvalue weighted by atomic mass is 10.2. The number of sulfone groups is 1. The first kappa shape index (κ1) is 18.9. The first-order valence-corrected chi connectivity index (χ1v) is 11.1. The standard InChI is InChI=1S/C18H21NO5S2/c1-13-4-5-14(2)18(10-13)26(22,23)19-11-17(12-19)25(20,21)16-8-6-15(24-3)7-9-16/h4-10,17H,11-12H2,1-3H3. The van der Waals surface area contributed by atoms with Gasteiger partial charge in [0.25, 0.3) is 0 Å². The Balaban J connectivity index is 1.80. The van der Waals surface area contributed by atoms with Crippen LogP contribution in [0, 0.1) is 13.8 Å². The fraction of sp³-hybridized carbons (Fsp3) is 0.333. The van der Waals surface area contributed by atoms with Crippen LogP contribution in [0.3, 0.4) is 0 Å². The first-order chi connectivity index (χ1) is 12.2. The second-order valence-corrected chi connectivity index (χ2v) is 10.6. The third-order valence-electron chi connectivity index (χ3n) is 4.60.